The molecule has 0 spiro atoms. The van der Waals surface area contributed by atoms with Crippen LogP contribution in [0.25, 0.3) is 0 Å². The maximum atomic E-state index is 13.5. The van der Waals surface area contributed by atoms with Crippen molar-refractivity contribution in [2.75, 3.05) is 12.4 Å². The monoisotopic (exact) mass is 653 g/mol. The van der Waals surface area contributed by atoms with Crippen molar-refractivity contribution in [2.24, 2.45) is 5.16 Å². The van der Waals surface area contributed by atoms with Crippen molar-refractivity contribution in [3.8, 4) is 0 Å². The number of nitrogens with zero attached hydrogens (tertiary/aromatic N) is 2. The third-order valence-electron chi connectivity index (χ3n) is 7.97. The molecule has 0 atom stereocenters. The maximum Gasteiger partial charge on any atom is 0.362 e. The summed E-state index contributed by atoms with van der Waals surface area (Å²) in [4.78, 5) is 37.0. The lowest BCUT2D eigenvalue weighted by Crippen LogP contribution is -2.40. The molecular weight excluding hydrogens is 623 g/mol. The number of aliphatic carboxylic acids is 1. The van der Waals surface area contributed by atoms with Gasteiger partial charge in [-0.05, 0) is 16.7 Å². The molecule has 0 saturated carbocycles. The zero-order chi connectivity index (χ0) is 33.4. The van der Waals surface area contributed by atoms with Crippen molar-refractivity contribution in [1.29, 1.82) is 0 Å². The van der Waals surface area contributed by atoms with Gasteiger partial charge in [0.05, 0.1) is 7.11 Å². The summed E-state index contributed by atoms with van der Waals surface area (Å²) in [7, 11) is 1.24. The number of aromatic nitrogens is 1. The van der Waals surface area contributed by atoms with E-state index in [2.05, 4.69) is 10.5 Å². The summed E-state index contributed by atoms with van der Waals surface area (Å²) >= 11 is 1.23. The number of anilines is 1. The van der Waals surface area contributed by atoms with E-state index in [1.807, 2.05) is 91.0 Å². The number of ether oxygens (including phenoxy) is 1. The number of benzene rings is 5. The molecule has 0 fully saturated rings. The number of hydrogen-bond donors (Lipinski definition) is 2. The van der Waals surface area contributed by atoms with E-state index in [-0.39, 0.29) is 5.69 Å². The van der Waals surface area contributed by atoms with Gasteiger partial charge in [0.1, 0.15) is 11.2 Å². The van der Waals surface area contributed by atoms with Crippen molar-refractivity contribution < 1.29 is 24.3 Å². The average molecular weight is 654 g/mol. The van der Waals surface area contributed by atoms with Gasteiger partial charge in [0.25, 0.3) is 5.60 Å². The van der Waals surface area contributed by atoms with Gasteiger partial charge in [-0.2, -0.15) is 0 Å². The highest BCUT2D eigenvalue weighted by atomic mass is 32.1. The number of carboxylic acids is 1. The number of hydrogen-bond acceptors (Lipinski definition) is 8. The van der Waals surface area contributed by atoms with Gasteiger partial charge >= 0.3 is 11.9 Å². The van der Waals surface area contributed by atoms with Crippen LogP contribution in [0.3, 0.4) is 0 Å². The highest BCUT2D eigenvalue weighted by Gasteiger charge is 2.47. The number of oxime groups is 1. The first kappa shape index (κ1) is 31.9. The van der Waals surface area contributed by atoms with Crippen LogP contribution in [-0.2, 0) is 30.3 Å². The van der Waals surface area contributed by atoms with E-state index in [0.717, 1.165) is 16.7 Å². The van der Waals surface area contributed by atoms with E-state index in [1.165, 1.54) is 18.4 Å². The molecule has 0 saturated heterocycles. The fraction of sp³-hybridized carbons (Fsp3) is 0.0769. The molecule has 8 nitrogen and oxygen atoms in total. The molecule has 0 amide bonds. The van der Waals surface area contributed by atoms with Crippen LogP contribution >= 0.6 is 11.3 Å². The van der Waals surface area contributed by atoms with E-state index in [4.69, 9.17) is 14.6 Å². The molecule has 6 rings (SSSR count). The molecule has 6 aromatic rings. The van der Waals surface area contributed by atoms with E-state index < -0.39 is 28.8 Å². The smallest absolute Gasteiger partial charge is 0.362 e. The molecule has 0 unspecified atom stereocenters. The Kier molecular flexibility index (Phi) is 9.40. The van der Waals surface area contributed by atoms with Crippen LogP contribution in [0.5, 0.6) is 0 Å². The van der Waals surface area contributed by atoms with Crippen molar-refractivity contribution in [2.45, 2.75) is 11.1 Å². The summed E-state index contributed by atoms with van der Waals surface area (Å²) in [5, 5.41) is 20.1. The van der Waals surface area contributed by atoms with Crippen LogP contribution in [0, 0.1) is 0 Å². The molecule has 2 N–H and O–H groups in total. The topological polar surface area (TPSA) is 110 Å². The van der Waals surface area contributed by atoms with E-state index in [1.54, 1.807) is 66.0 Å². The molecule has 5 aromatic carbocycles. The number of nitrogens with one attached hydrogen (secondary N) is 1. The number of methoxy groups -OCH3 is 1. The van der Waals surface area contributed by atoms with Gasteiger partial charge in [-0.15, -0.1) is 11.3 Å². The predicted molar refractivity (Wildman–Crippen MR) is 186 cm³/mol. The van der Waals surface area contributed by atoms with E-state index >= 15 is 0 Å². The Morgan fingerprint density at radius 1 is 0.667 bits per heavy atom. The largest absolute Gasteiger partial charge is 0.476 e. The molecule has 9 heteroatoms. The van der Waals surface area contributed by atoms with Gasteiger partial charge in [-0.3, -0.25) is 0 Å². The van der Waals surface area contributed by atoms with Gasteiger partial charge in [0.15, 0.2) is 5.13 Å². The van der Waals surface area contributed by atoms with Gasteiger partial charge < -0.3 is 20.0 Å². The Bertz CT molecular complexity index is 1870. The fourth-order valence-electron chi connectivity index (χ4n) is 5.73. The lowest BCUT2D eigenvalue weighted by molar-refractivity contribution is -0.165. The number of rotatable bonds is 12. The quantitative estimate of drug-likeness (QED) is 0.0610. The number of carbonyl (C=O) groups excluding carboxylic acids is 1. The summed E-state index contributed by atoms with van der Waals surface area (Å²) in [6, 6.07) is 47.4. The van der Waals surface area contributed by atoms with Gasteiger partial charge in [-0.25, -0.2) is 14.6 Å². The molecule has 1 heterocycles. The van der Waals surface area contributed by atoms with E-state index in [0.29, 0.717) is 16.3 Å². The van der Waals surface area contributed by atoms with Crippen LogP contribution in [0.15, 0.2) is 162 Å². The lowest BCUT2D eigenvalue weighted by atomic mass is 9.77. The summed E-state index contributed by atoms with van der Waals surface area (Å²) in [5.41, 5.74) is 0.511. The van der Waals surface area contributed by atoms with Crippen molar-refractivity contribution in [1.82, 2.24) is 4.98 Å². The molecule has 0 aliphatic rings. The summed E-state index contributed by atoms with van der Waals surface area (Å²) in [6.45, 7) is 0. The summed E-state index contributed by atoms with van der Waals surface area (Å²) in [5.74, 6) is -2.15. The minimum atomic E-state index is -1.89. The number of carbonyl (C=O) groups is 2. The zero-order valence-corrected chi connectivity index (χ0v) is 26.7. The second-order valence-electron chi connectivity index (χ2n) is 10.8. The van der Waals surface area contributed by atoms with Crippen LogP contribution in [-0.4, -0.2) is 34.9 Å². The Morgan fingerprint density at radius 2 is 1.06 bits per heavy atom. The van der Waals surface area contributed by atoms with Crippen molar-refractivity contribution in [3.05, 3.63) is 191 Å². The third-order valence-corrected chi connectivity index (χ3v) is 8.73. The van der Waals surface area contributed by atoms with E-state index in [9.17, 15) is 14.7 Å². The molecule has 48 heavy (non-hydrogen) atoms. The Labute approximate surface area is 282 Å². The summed E-state index contributed by atoms with van der Waals surface area (Å²) in [6.07, 6.45) is 0. The first-order valence-electron chi connectivity index (χ1n) is 15.1. The second kappa shape index (κ2) is 14.1. The molecule has 0 bridgehead atoms. The standard InChI is InChI=1S/C39H31N3O5S/c1-46-36(45)39(31-23-13-5-14-24-31,32-25-15-6-16-26-32)47-42-34(35(43)44)33-27-48-37(40-33)41-38(28-17-7-2-8-18-28,29-19-9-3-10-20-29)30-21-11-4-12-22-30/h2-27H,1H3,(H,40,41)(H,43,44). The van der Waals surface area contributed by atoms with Gasteiger partial charge in [-0.1, -0.05) is 157 Å². The molecule has 0 aliphatic carbocycles. The summed E-state index contributed by atoms with van der Waals surface area (Å²) < 4.78 is 5.20. The third kappa shape index (κ3) is 6.06. The molecule has 0 radical (unpaired) electrons. The molecular formula is C39H31N3O5S. The average Bonchev–Trinajstić information content (AvgIpc) is 3.61. The van der Waals surface area contributed by atoms with Crippen LogP contribution in [0.1, 0.15) is 33.5 Å². The SMILES string of the molecule is COC(=O)C(ON=C(C(=O)O)c1csc(NC(c2ccccc2)(c2ccccc2)c2ccccc2)n1)(c1ccccc1)c1ccccc1. The minimum Gasteiger partial charge on any atom is -0.476 e. The number of carboxylic acid groups (broad SMARTS) is 1. The minimum absolute atomic E-state index is 0.0537. The Hall–Kier alpha value is -6.06. The van der Waals surface area contributed by atoms with Crippen LogP contribution in [0.4, 0.5) is 5.13 Å². The molecule has 0 aliphatic heterocycles. The van der Waals surface area contributed by atoms with Crippen molar-refractivity contribution in [3.63, 3.8) is 0 Å². The van der Waals surface area contributed by atoms with Crippen LogP contribution in [0.2, 0.25) is 0 Å². The number of esters is 1. The first-order chi connectivity index (χ1) is 23.5. The number of thiazole rings is 1. The normalized spacial score (nSPS) is 11.8. The van der Waals surface area contributed by atoms with Crippen LogP contribution < -0.4 is 5.32 Å². The first-order valence-corrected chi connectivity index (χ1v) is 16.0. The lowest BCUT2D eigenvalue weighted by Gasteiger charge is -2.36. The fourth-order valence-corrected chi connectivity index (χ4v) is 6.48. The highest BCUT2D eigenvalue weighted by molar-refractivity contribution is 7.14. The zero-order valence-electron chi connectivity index (χ0n) is 25.9. The van der Waals surface area contributed by atoms with Crippen molar-refractivity contribution >= 4 is 34.1 Å². The van der Waals surface area contributed by atoms with Gasteiger partial charge in [0, 0.05) is 16.5 Å². The highest BCUT2D eigenvalue weighted by Crippen LogP contribution is 2.41. The second-order valence-corrected chi connectivity index (χ2v) is 11.6. The Morgan fingerprint density at radius 3 is 1.44 bits per heavy atom. The molecule has 1 aromatic heterocycles. The Balaban J connectivity index is 1.45. The predicted octanol–water partition coefficient (Wildman–Crippen LogP) is 7.47. The van der Waals surface area contributed by atoms with Gasteiger partial charge in [0.2, 0.25) is 5.71 Å². The molecule has 238 valence electrons. The maximum absolute atomic E-state index is 13.5.